The van der Waals surface area contributed by atoms with Crippen LogP contribution in [0.15, 0.2) is 82.2 Å². The maximum atomic E-state index is 13.4. The molecule has 1 heterocycles. The largest absolute Gasteiger partial charge is 0.350 e. The van der Waals surface area contributed by atoms with Gasteiger partial charge in [0.25, 0.3) is 11.8 Å². The van der Waals surface area contributed by atoms with Gasteiger partial charge in [-0.15, -0.1) is 0 Å². The van der Waals surface area contributed by atoms with Crippen LogP contribution in [0.4, 0.5) is 11.4 Å². The first-order chi connectivity index (χ1) is 14.8. The van der Waals surface area contributed by atoms with Gasteiger partial charge in [0, 0.05) is 24.2 Å². The molecule has 0 aliphatic carbocycles. The summed E-state index contributed by atoms with van der Waals surface area (Å²) >= 11 is 15.7. The van der Waals surface area contributed by atoms with Crippen molar-refractivity contribution in [2.24, 2.45) is 0 Å². The van der Waals surface area contributed by atoms with E-state index in [2.05, 4.69) is 27.9 Å². The zero-order valence-corrected chi connectivity index (χ0v) is 20.6. The molecule has 0 bridgehead atoms. The SMILES string of the molecule is Cc1ccc(N2C(=O)C(Nc3ccc(I)cc3)=C(Sc3ccc(Cl)cc3)C2=O)cc1Cl. The number of rotatable bonds is 5. The summed E-state index contributed by atoms with van der Waals surface area (Å²) in [5.74, 6) is -0.835. The number of hydrogen-bond donors (Lipinski definition) is 1. The number of nitrogens with one attached hydrogen (secondary N) is 1. The molecule has 1 aliphatic rings. The number of hydrogen-bond acceptors (Lipinski definition) is 4. The fraction of sp³-hybridized carbons (Fsp3) is 0.0435. The molecule has 0 spiro atoms. The first-order valence-electron chi connectivity index (χ1n) is 9.19. The number of carbonyl (C=O) groups excluding carboxylic acids is 2. The Morgan fingerprint density at radius 3 is 2.23 bits per heavy atom. The van der Waals surface area contributed by atoms with E-state index in [9.17, 15) is 9.59 Å². The molecule has 0 unspecified atom stereocenters. The molecule has 8 heteroatoms. The van der Waals surface area contributed by atoms with Gasteiger partial charge in [0.1, 0.15) is 10.6 Å². The maximum Gasteiger partial charge on any atom is 0.283 e. The van der Waals surface area contributed by atoms with Gasteiger partial charge in [-0.1, -0.05) is 41.0 Å². The van der Waals surface area contributed by atoms with Crippen LogP contribution in [0, 0.1) is 10.5 Å². The molecule has 4 rings (SSSR count). The van der Waals surface area contributed by atoms with Gasteiger partial charge in [0.05, 0.1) is 5.69 Å². The summed E-state index contributed by atoms with van der Waals surface area (Å²) in [6.07, 6.45) is 0. The Morgan fingerprint density at radius 2 is 1.58 bits per heavy atom. The van der Waals surface area contributed by atoms with Crippen LogP contribution < -0.4 is 10.2 Å². The normalized spacial score (nSPS) is 13.9. The second-order valence-electron chi connectivity index (χ2n) is 6.77. The molecule has 4 nitrogen and oxygen atoms in total. The molecule has 156 valence electrons. The average Bonchev–Trinajstić information content (AvgIpc) is 2.97. The fourth-order valence-electron chi connectivity index (χ4n) is 2.97. The third-order valence-electron chi connectivity index (χ3n) is 4.60. The molecule has 2 amide bonds. The number of aryl methyl sites for hydroxylation is 1. The lowest BCUT2D eigenvalue weighted by Crippen LogP contribution is -2.32. The van der Waals surface area contributed by atoms with Gasteiger partial charge in [0.2, 0.25) is 0 Å². The summed E-state index contributed by atoms with van der Waals surface area (Å²) in [6, 6.07) is 19.8. The van der Waals surface area contributed by atoms with Crippen LogP contribution in [0.1, 0.15) is 5.56 Å². The van der Waals surface area contributed by atoms with E-state index in [4.69, 9.17) is 23.2 Å². The Bertz CT molecular complexity index is 1140. The van der Waals surface area contributed by atoms with E-state index in [-0.39, 0.29) is 5.70 Å². The van der Waals surface area contributed by atoms with Crippen LogP contribution in [0.2, 0.25) is 10.0 Å². The minimum atomic E-state index is -0.431. The van der Waals surface area contributed by atoms with Gasteiger partial charge >= 0.3 is 0 Å². The minimum absolute atomic E-state index is 0.225. The smallest absolute Gasteiger partial charge is 0.283 e. The molecule has 1 N–H and O–H groups in total. The van der Waals surface area contributed by atoms with Crippen LogP contribution in [0.25, 0.3) is 0 Å². The topological polar surface area (TPSA) is 49.4 Å². The van der Waals surface area contributed by atoms with E-state index in [0.29, 0.717) is 20.6 Å². The Labute approximate surface area is 207 Å². The number of nitrogens with zero attached hydrogens (tertiary/aromatic N) is 1. The number of anilines is 2. The van der Waals surface area contributed by atoms with Crippen molar-refractivity contribution < 1.29 is 9.59 Å². The monoisotopic (exact) mass is 580 g/mol. The first-order valence-corrected chi connectivity index (χ1v) is 11.8. The molecule has 0 fully saturated rings. The highest BCUT2D eigenvalue weighted by atomic mass is 127. The summed E-state index contributed by atoms with van der Waals surface area (Å²) in [5.41, 5.74) is 2.24. The van der Waals surface area contributed by atoms with Gasteiger partial charge in [-0.05, 0) is 95.7 Å². The Hall–Kier alpha value is -2.00. The number of imide groups is 1. The number of carbonyl (C=O) groups is 2. The standard InChI is InChI=1S/C23H15Cl2IN2O2S/c1-13-2-9-17(12-19(13)25)28-22(29)20(27-16-7-5-15(26)6-8-16)21(23(28)30)31-18-10-3-14(24)4-11-18/h2-12,27H,1H3. The van der Waals surface area contributed by atoms with Gasteiger partial charge in [0.15, 0.2) is 0 Å². The van der Waals surface area contributed by atoms with Gasteiger partial charge in [-0.3, -0.25) is 9.59 Å². The van der Waals surface area contributed by atoms with E-state index in [0.717, 1.165) is 24.6 Å². The van der Waals surface area contributed by atoms with Crippen LogP contribution >= 0.6 is 57.6 Å². The highest BCUT2D eigenvalue weighted by Gasteiger charge is 2.40. The van der Waals surface area contributed by atoms with Crippen molar-refractivity contribution >= 4 is 80.7 Å². The molecular weight excluding hydrogens is 566 g/mol. The molecule has 0 atom stereocenters. The van der Waals surface area contributed by atoms with Crippen molar-refractivity contribution in [2.75, 3.05) is 10.2 Å². The zero-order chi connectivity index (χ0) is 22.1. The molecular formula is C23H15Cl2IN2O2S. The number of halogens is 3. The lowest BCUT2D eigenvalue weighted by atomic mass is 10.2. The van der Waals surface area contributed by atoms with Crippen LogP contribution in [0.5, 0.6) is 0 Å². The van der Waals surface area contributed by atoms with Gasteiger partial charge in [-0.25, -0.2) is 4.90 Å². The van der Waals surface area contributed by atoms with Crippen molar-refractivity contribution in [3.05, 3.63) is 96.5 Å². The molecule has 3 aromatic carbocycles. The quantitative estimate of drug-likeness (QED) is 0.263. The molecule has 0 saturated heterocycles. The predicted molar refractivity (Wildman–Crippen MR) is 136 cm³/mol. The van der Waals surface area contributed by atoms with Gasteiger partial charge < -0.3 is 5.32 Å². The second-order valence-corrected chi connectivity index (χ2v) is 9.94. The fourth-order valence-corrected chi connectivity index (χ4v) is 4.56. The Morgan fingerprint density at radius 1 is 0.903 bits per heavy atom. The van der Waals surface area contributed by atoms with E-state index < -0.39 is 11.8 Å². The molecule has 0 saturated carbocycles. The Balaban J connectivity index is 1.74. The molecule has 0 aromatic heterocycles. The summed E-state index contributed by atoms with van der Waals surface area (Å²) in [5, 5.41) is 4.23. The third-order valence-corrected chi connectivity index (χ3v) is 7.07. The first kappa shape index (κ1) is 22.2. The summed E-state index contributed by atoms with van der Waals surface area (Å²) in [7, 11) is 0. The predicted octanol–water partition coefficient (Wildman–Crippen LogP) is 6.90. The molecule has 3 aromatic rings. The molecule has 0 radical (unpaired) electrons. The van der Waals surface area contributed by atoms with Crippen molar-refractivity contribution in [1.29, 1.82) is 0 Å². The summed E-state index contributed by atoms with van der Waals surface area (Å²) in [4.78, 5) is 29.0. The van der Waals surface area contributed by atoms with Crippen molar-refractivity contribution in [1.82, 2.24) is 0 Å². The van der Waals surface area contributed by atoms with Gasteiger partial charge in [-0.2, -0.15) is 0 Å². The molecule has 31 heavy (non-hydrogen) atoms. The lowest BCUT2D eigenvalue weighted by molar-refractivity contribution is -0.120. The van der Waals surface area contributed by atoms with Crippen molar-refractivity contribution in [3.63, 3.8) is 0 Å². The Kier molecular flexibility index (Phi) is 6.62. The van der Waals surface area contributed by atoms with Crippen LogP contribution in [-0.2, 0) is 9.59 Å². The maximum absolute atomic E-state index is 13.4. The highest BCUT2D eigenvalue weighted by molar-refractivity contribution is 14.1. The van der Waals surface area contributed by atoms with E-state index in [1.807, 2.05) is 43.3 Å². The minimum Gasteiger partial charge on any atom is -0.350 e. The zero-order valence-electron chi connectivity index (χ0n) is 16.2. The number of benzene rings is 3. The second kappa shape index (κ2) is 9.24. The number of thioether (sulfide) groups is 1. The lowest BCUT2D eigenvalue weighted by Gasteiger charge is -2.16. The highest BCUT2D eigenvalue weighted by Crippen LogP contribution is 2.39. The third kappa shape index (κ3) is 4.77. The van der Waals surface area contributed by atoms with Crippen LogP contribution in [-0.4, -0.2) is 11.8 Å². The van der Waals surface area contributed by atoms with Crippen LogP contribution in [0.3, 0.4) is 0 Å². The molecule has 1 aliphatic heterocycles. The average molecular weight is 581 g/mol. The summed E-state index contributed by atoms with van der Waals surface area (Å²) < 4.78 is 1.07. The van der Waals surface area contributed by atoms with Crippen molar-refractivity contribution in [2.45, 2.75) is 11.8 Å². The number of amides is 2. The summed E-state index contributed by atoms with van der Waals surface area (Å²) in [6.45, 7) is 1.86. The van der Waals surface area contributed by atoms with E-state index in [1.165, 1.54) is 11.8 Å². The van der Waals surface area contributed by atoms with E-state index in [1.54, 1.807) is 30.3 Å². The van der Waals surface area contributed by atoms with E-state index >= 15 is 0 Å². The van der Waals surface area contributed by atoms with Crippen molar-refractivity contribution in [3.8, 4) is 0 Å².